The van der Waals surface area contributed by atoms with E-state index in [-0.39, 0.29) is 18.4 Å². The van der Waals surface area contributed by atoms with Crippen molar-refractivity contribution in [2.24, 2.45) is 12.1 Å². The summed E-state index contributed by atoms with van der Waals surface area (Å²) in [6.45, 7) is 0. The maximum atomic E-state index is 12.2. The van der Waals surface area contributed by atoms with Gasteiger partial charge in [0.2, 0.25) is 0 Å². The van der Waals surface area contributed by atoms with Crippen LogP contribution in [0, 0.1) is 0 Å². The minimum Gasteiger partial charge on any atom is -0.344 e. The average Bonchev–Trinajstić information content (AvgIpc) is 3.26. The molecule has 2 aromatic carbocycles. The molecule has 0 saturated carbocycles. The lowest BCUT2D eigenvalue weighted by Gasteiger charge is -2.23. The SMILES string of the molecule is CN1C(=O)N(C)C2C1NC(=S)N2/N=C/c1ccc2c(c1)c1ccccc1n2C. The van der Waals surface area contributed by atoms with Gasteiger partial charge in [0.15, 0.2) is 11.3 Å². The van der Waals surface area contributed by atoms with Crippen LogP contribution < -0.4 is 5.32 Å². The molecule has 8 heteroatoms. The molecule has 3 heterocycles. The molecule has 3 aromatic rings. The molecule has 28 heavy (non-hydrogen) atoms. The van der Waals surface area contributed by atoms with Crippen molar-refractivity contribution in [3.05, 3.63) is 48.0 Å². The summed E-state index contributed by atoms with van der Waals surface area (Å²) in [6.07, 6.45) is 1.36. The van der Waals surface area contributed by atoms with Gasteiger partial charge < -0.3 is 19.7 Å². The first kappa shape index (κ1) is 17.0. The lowest BCUT2D eigenvalue weighted by atomic mass is 10.1. The molecule has 0 radical (unpaired) electrons. The van der Waals surface area contributed by atoms with E-state index in [9.17, 15) is 4.79 Å². The number of carbonyl (C=O) groups excluding carboxylic acids is 1. The molecule has 2 aliphatic heterocycles. The van der Waals surface area contributed by atoms with Crippen LogP contribution >= 0.6 is 12.2 Å². The molecule has 2 saturated heterocycles. The van der Waals surface area contributed by atoms with Crippen molar-refractivity contribution in [2.45, 2.75) is 12.3 Å². The summed E-state index contributed by atoms with van der Waals surface area (Å²) in [4.78, 5) is 15.5. The van der Waals surface area contributed by atoms with E-state index in [2.05, 4.69) is 58.4 Å². The predicted molar refractivity (Wildman–Crippen MR) is 114 cm³/mol. The van der Waals surface area contributed by atoms with Crippen molar-refractivity contribution >= 4 is 51.4 Å². The molecular weight excluding hydrogens is 372 g/mol. The van der Waals surface area contributed by atoms with Gasteiger partial charge in [-0.1, -0.05) is 24.3 Å². The third-order valence-corrected chi connectivity index (χ3v) is 6.00. The third-order valence-electron chi connectivity index (χ3n) is 5.70. The average molecular weight is 392 g/mol. The molecule has 1 aromatic heterocycles. The van der Waals surface area contributed by atoms with Crippen LogP contribution in [0.15, 0.2) is 47.6 Å². The zero-order valence-corrected chi connectivity index (χ0v) is 16.6. The van der Waals surface area contributed by atoms with Gasteiger partial charge in [0.05, 0.1) is 6.21 Å². The Morgan fingerprint density at radius 1 is 1.04 bits per heavy atom. The fourth-order valence-electron chi connectivity index (χ4n) is 4.19. The van der Waals surface area contributed by atoms with E-state index in [1.54, 1.807) is 35.1 Å². The molecule has 2 aliphatic rings. The first-order chi connectivity index (χ1) is 13.5. The molecule has 7 nitrogen and oxygen atoms in total. The fourth-order valence-corrected chi connectivity index (χ4v) is 4.47. The summed E-state index contributed by atoms with van der Waals surface area (Å²) >= 11 is 5.43. The van der Waals surface area contributed by atoms with Crippen LogP contribution in [0.2, 0.25) is 0 Å². The molecule has 2 amide bonds. The number of aryl methyl sites for hydroxylation is 1. The van der Waals surface area contributed by atoms with E-state index in [1.807, 2.05) is 6.07 Å². The topological polar surface area (TPSA) is 56.1 Å². The van der Waals surface area contributed by atoms with Crippen molar-refractivity contribution in [2.75, 3.05) is 14.1 Å². The number of thiocarbonyl (C=S) groups is 1. The van der Waals surface area contributed by atoms with Gasteiger partial charge in [-0.25, -0.2) is 9.80 Å². The smallest absolute Gasteiger partial charge is 0.323 e. The number of benzene rings is 2. The number of rotatable bonds is 2. The summed E-state index contributed by atoms with van der Waals surface area (Å²) in [5, 5.41) is 12.4. The number of nitrogens with one attached hydrogen (secondary N) is 1. The number of carbonyl (C=O) groups is 1. The van der Waals surface area contributed by atoms with Crippen LogP contribution in [0.1, 0.15) is 5.56 Å². The van der Waals surface area contributed by atoms with E-state index in [0.717, 1.165) is 5.56 Å². The maximum Gasteiger partial charge on any atom is 0.323 e. The van der Waals surface area contributed by atoms with Gasteiger partial charge in [-0.2, -0.15) is 5.10 Å². The van der Waals surface area contributed by atoms with E-state index >= 15 is 0 Å². The number of amides is 2. The largest absolute Gasteiger partial charge is 0.344 e. The first-order valence-corrected chi connectivity index (χ1v) is 9.49. The Bertz CT molecular complexity index is 1170. The highest BCUT2D eigenvalue weighted by molar-refractivity contribution is 7.80. The van der Waals surface area contributed by atoms with Crippen molar-refractivity contribution < 1.29 is 4.79 Å². The van der Waals surface area contributed by atoms with Crippen LogP contribution in [0.5, 0.6) is 0 Å². The molecule has 2 unspecified atom stereocenters. The van der Waals surface area contributed by atoms with Crippen molar-refractivity contribution in [3.63, 3.8) is 0 Å². The van der Waals surface area contributed by atoms with Gasteiger partial charge in [0.1, 0.15) is 6.17 Å². The molecule has 0 aliphatic carbocycles. The standard InChI is InChI=1S/C20H20N6OS/c1-23-15-7-5-4-6-13(15)14-10-12(8-9-16(14)23)11-21-26-18-17(22-19(26)28)24(2)20(27)25(18)3/h4-11,17-18H,1-3H3,(H,22,28)/b21-11+. The highest BCUT2D eigenvalue weighted by atomic mass is 32.1. The Hall–Kier alpha value is -3.13. The van der Waals surface area contributed by atoms with E-state index in [0.29, 0.717) is 5.11 Å². The van der Waals surface area contributed by atoms with Crippen LogP contribution in [0.3, 0.4) is 0 Å². The lowest BCUT2D eigenvalue weighted by molar-refractivity contribution is 0.174. The number of urea groups is 1. The summed E-state index contributed by atoms with van der Waals surface area (Å²) < 4.78 is 2.20. The Balaban J connectivity index is 1.51. The highest BCUT2D eigenvalue weighted by Crippen LogP contribution is 2.29. The summed E-state index contributed by atoms with van der Waals surface area (Å²) in [5.74, 6) is 0. The Labute approximate surface area is 167 Å². The minimum absolute atomic E-state index is 0.0534. The summed E-state index contributed by atoms with van der Waals surface area (Å²) in [7, 11) is 5.61. The molecule has 2 atom stereocenters. The molecule has 2 fully saturated rings. The van der Waals surface area contributed by atoms with Crippen molar-refractivity contribution in [1.29, 1.82) is 0 Å². The zero-order valence-electron chi connectivity index (χ0n) is 15.8. The molecule has 142 valence electrons. The second kappa shape index (κ2) is 5.93. The van der Waals surface area contributed by atoms with Gasteiger partial charge in [0.25, 0.3) is 0 Å². The molecular formula is C20H20N6OS. The summed E-state index contributed by atoms with van der Waals surface area (Å²) in [5.41, 5.74) is 3.36. The van der Waals surface area contributed by atoms with Crippen molar-refractivity contribution in [3.8, 4) is 0 Å². The van der Waals surface area contributed by atoms with Gasteiger partial charge in [-0.15, -0.1) is 0 Å². The Morgan fingerprint density at radius 2 is 1.79 bits per heavy atom. The molecule has 5 rings (SSSR count). The number of hydrogen-bond acceptors (Lipinski definition) is 3. The number of aromatic nitrogens is 1. The first-order valence-electron chi connectivity index (χ1n) is 9.08. The molecule has 0 bridgehead atoms. The second-order valence-electron chi connectivity index (χ2n) is 7.25. The predicted octanol–water partition coefficient (Wildman–Crippen LogP) is 2.50. The minimum atomic E-state index is -0.248. The van der Waals surface area contributed by atoms with Gasteiger partial charge in [-0.05, 0) is 36.0 Å². The second-order valence-corrected chi connectivity index (χ2v) is 7.64. The van der Waals surface area contributed by atoms with E-state index in [1.165, 1.54) is 21.8 Å². The van der Waals surface area contributed by atoms with Gasteiger partial charge in [-0.3, -0.25) is 0 Å². The number of para-hydroxylation sites is 1. The number of hydrogen-bond donors (Lipinski definition) is 1. The number of likely N-dealkylation sites (N-methyl/N-ethyl adjacent to an activating group) is 2. The van der Waals surface area contributed by atoms with Crippen LogP contribution in [0.25, 0.3) is 21.8 Å². The number of nitrogens with zero attached hydrogens (tertiary/aromatic N) is 5. The number of hydrazone groups is 1. The summed E-state index contributed by atoms with van der Waals surface area (Å²) in [6, 6.07) is 14.6. The maximum absolute atomic E-state index is 12.2. The normalized spacial score (nSPS) is 22.2. The quantitative estimate of drug-likeness (QED) is 0.538. The van der Waals surface area contributed by atoms with Gasteiger partial charge >= 0.3 is 6.03 Å². The monoisotopic (exact) mass is 392 g/mol. The van der Waals surface area contributed by atoms with Crippen LogP contribution in [-0.4, -0.2) is 63.2 Å². The molecule has 1 N–H and O–H groups in total. The van der Waals surface area contributed by atoms with E-state index in [4.69, 9.17) is 12.2 Å². The van der Waals surface area contributed by atoms with Gasteiger partial charge in [0, 0.05) is 42.9 Å². The Kier molecular flexibility index (Phi) is 3.60. The van der Waals surface area contributed by atoms with Crippen molar-refractivity contribution in [1.82, 2.24) is 24.7 Å². The Morgan fingerprint density at radius 3 is 2.61 bits per heavy atom. The third kappa shape index (κ3) is 2.24. The lowest BCUT2D eigenvalue weighted by Crippen LogP contribution is -2.41. The number of fused-ring (bicyclic) bond motifs is 4. The van der Waals surface area contributed by atoms with Crippen LogP contribution in [0.4, 0.5) is 4.79 Å². The fraction of sp³-hybridized carbons (Fsp3) is 0.250. The van der Waals surface area contributed by atoms with E-state index < -0.39 is 0 Å². The highest BCUT2D eigenvalue weighted by Gasteiger charge is 2.51. The molecule has 0 spiro atoms. The van der Waals surface area contributed by atoms with Crippen LogP contribution in [-0.2, 0) is 7.05 Å². The zero-order chi connectivity index (χ0) is 19.6.